The number of nitrogens with one attached hydrogen (secondary N) is 2. The van der Waals surface area contributed by atoms with E-state index in [9.17, 15) is 13.2 Å². The zero-order chi connectivity index (χ0) is 20.3. The molecular formula is C18H18N6O3S2. The predicted octanol–water partition coefficient (Wildman–Crippen LogP) is 1.93. The number of thioether (sulfide) groups is 1. The van der Waals surface area contributed by atoms with Crippen LogP contribution in [0.1, 0.15) is 12.8 Å². The number of nitrogens with zero attached hydrogens (tertiary/aromatic N) is 4. The summed E-state index contributed by atoms with van der Waals surface area (Å²) in [6.07, 6.45) is 3.28. The first-order valence-electron chi connectivity index (χ1n) is 8.90. The molecule has 0 atom stereocenters. The van der Waals surface area contributed by atoms with Gasteiger partial charge in [-0.15, -0.1) is 10.2 Å². The van der Waals surface area contributed by atoms with Crippen LogP contribution in [0.5, 0.6) is 0 Å². The average molecular weight is 431 g/mol. The standard InChI is InChI=1S/C18H18N6O3S2/c25-17(12-28-18-22-21-16-8-1-2-10-24(16)18)20-13-5-3-6-14(11-13)29(26,27)23-15-7-4-9-19-15/h1-3,5-6,8,10-11H,4,7,9,12H2,(H,19,23)(H,20,25). The van der Waals surface area contributed by atoms with Gasteiger partial charge >= 0.3 is 0 Å². The minimum absolute atomic E-state index is 0.0704. The zero-order valence-corrected chi connectivity index (χ0v) is 16.9. The topological polar surface area (TPSA) is 118 Å². The summed E-state index contributed by atoms with van der Waals surface area (Å²) in [5.74, 6) is 0.309. The minimum Gasteiger partial charge on any atom is -0.325 e. The van der Waals surface area contributed by atoms with Gasteiger partial charge in [0.25, 0.3) is 10.0 Å². The van der Waals surface area contributed by atoms with Crippen LogP contribution < -0.4 is 10.0 Å². The highest BCUT2D eigenvalue weighted by Crippen LogP contribution is 2.19. The van der Waals surface area contributed by atoms with Gasteiger partial charge in [-0.1, -0.05) is 23.9 Å². The Morgan fingerprint density at radius 2 is 2.07 bits per heavy atom. The molecule has 0 unspecified atom stereocenters. The first kappa shape index (κ1) is 19.4. The highest BCUT2D eigenvalue weighted by atomic mass is 32.2. The molecule has 0 spiro atoms. The molecule has 0 fully saturated rings. The largest absolute Gasteiger partial charge is 0.325 e. The fourth-order valence-corrected chi connectivity index (χ4v) is 4.68. The third kappa shape index (κ3) is 4.57. The lowest BCUT2D eigenvalue weighted by Crippen LogP contribution is -2.29. The Hall–Kier alpha value is -2.92. The van der Waals surface area contributed by atoms with Crippen molar-refractivity contribution >= 4 is 44.9 Å². The van der Waals surface area contributed by atoms with E-state index in [2.05, 4.69) is 25.2 Å². The summed E-state index contributed by atoms with van der Waals surface area (Å²) in [5, 5.41) is 11.4. The van der Waals surface area contributed by atoms with Crippen molar-refractivity contribution < 1.29 is 13.2 Å². The molecule has 0 aliphatic carbocycles. The van der Waals surface area contributed by atoms with Crippen molar-refractivity contribution in [2.75, 3.05) is 17.6 Å². The highest BCUT2D eigenvalue weighted by Gasteiger charge is 2.19. The maximum atomic E-state index is 12.5. The number of rotatable bonds is 6. The van der Waals surface area contributed by atoms with Crippen molar-refractivity contribution in [3.05, 3.63) is 48.7 Å². The minimum atomic E-state index is -3.73. The number of carbonyl (C=O) groups is 1. The van der Waals surface area contributed by atoms with Crippen molar-refractivity contribution in [2.45, 2.75) is 22.9 Å². The number of carbonyl (C=O) groups excluding carboxylic acids is 1. The molecule has 1 aliphatic rings. The molecule has 0 saturated heterocycles. The van der Waals surface area contributed by atoms with E-state index in [-0.39, 0.29) is 16.6 Å². The van der Waals surface area contributed by atoms with Crippen LogP contribution >= 0.6 is 11.8 Å². The Morgan fingerprint density at radius 1 is 1.17 bits per heavy atom. The molecule has 11 heteroatoms. The Balaban J connectivity index is 1.40. The van der Waals surface area contributed by atoms with Gasteiger partial charge in [-0.3, -0.25) is 18.9 Å². The van der Waals surface area contributed by atoms with Gasteiger partial charge < -0.3 is 5.32 Å². The monoisotopic (exact) mass is 430 g/mol. The van der Waals surface area contributed by atoms with Crippen LogP contribution in [-0.2, 0) is 14.8 Å². The van der Waals surface area contributed by atoms with Gasteiger partial charge in [-0.05, 0) is 36.8 Å². The van der Waals surface area contributed by atoms with Crippen LogP contribution in [0.25, 0.3) is 5.65 Å². The number of hydrogen-bond acceptors (Lipinski definition) is 7. The molecule has 1 amide bonds. The van der Waals surface area contributed by atoms with Crippen LogP contribution in [-0.4, -0.2) is 47.1 Å². The highest BCUT2D eigenvalue weighted by molar-refractivity contribution is 7.99. The fraction of sp³-hybridized carbons (Fsp3) is 0.222. The first-order chi connectivity index (χ1) is 14.0. The van der Waals surface area contributed by atoms with Crippen LogP contribution in [0.15, 0.2) is 63.7 Å². The number of amidine groups is 1. The SMILES string of the molecule is O=C(CSc1nnc2ccccn12)Nc1cccc(S(=O)(=O)NC2=NCCC2)c1. The number of amides is 1. The number of hydrogen-bond donors (Lipinski definition) is 2. The van der Waals surface area contributed by atoms with Gasteiger partial charge in [0.1, 0.15) is 5.84 Å². The summed E-state index contributed by atoms with van der Waals surface area (Å²) in [6.45, 7) is 0.632. The number of aliphatic imine (C=N–C) groups is 1. The smallest absolute Gasteiger partial charge is 0.262 e. The maximum absolute atomic E-state index is 12.5. The van der Waals surface area contributed by atoms with E-state index >= 15 is 0 Å². The van der Waals surface area contributed by atoms with Crippen LogP contribution in [0, 0.1) is 0 Å². The summed E-state index contributed by atoms with van der Waals surface area (Å²) >= 11 is 1.25. The van der Waals surface area contributed by atoms with Gasteiger partial charge in [0.2, 0.25) is 5.91 Å². The second-order valence-corrected chi connectivity index (χ2v) is 8.94. The number of benzene rings is 1. The Labute approximate surface area is 171 Å². The molecule has 0 bridgehead atoms. The number of fused-ring (bicyclic) bond motifs is 1. The summed E-state index contributed by atoms with van der Waals surface area (Å²) in [6, 6.07) is 11.7. The molecule has 2 N–H and O–H groups in total. The van der Waals surface area contributed by atoms with Gasteiger partial charge in [0.15, 0.2) is 10.8 Å². The molecule has 1 aromatic carbocycles. The second kappa shape index (κ2) is 8.21. The Morgan fingerprint density at radius 3 is 2.90 bits per heavy atom. The van der Waals surface area contributed by atoms with Gasteiger partial charge in [-0.25, -0.2) is 8.42 Å². The lowest BCUT2D eigenvalue weighted by Gasteiger charge is -2.10. The van der Waals surface area contributed by atoms with E-state index in [0.717, 1.165) is 6.42 Å². The van der Waals surface area contributed by atoms with Gasteiger partial charge in [0, 0.05) is 24.8 Å². The Kier molecular flexibility index (Phi) is 5.49. The number of anilines is 1. The van der Waals surface area contributed by atoms with E-state index < -0.39 is 10.0 Å². The van der Waals surface area contributed by atoms with E-state index in [1.54, 1.807) is 16.5 Å². The molecule has 150 valence electrons. The van der Waals surface area contributed by atoms with Crippen LogP contribution in [0.2, 0.25) is 0 Å². The molecule has 0 saturated carbocycles. The lowest BCUT2D eigenvalue weighted by molar-refractivity contribution is -0.113. The van der Waals surface area contributed by atoms with Crippen molar-refractivity contribution in [1.29, 1.82) is 0 Å². The van der Waals surface area contributed by atoms with Crippen molar-refractivity contribution in [1.82, 2.24) is 19.3 Å². The van der Waals surface area contributed by atoms with E-state index in [4.69, 9.17) is 0 Å². The van der Waals surface area contributed by atoms with Gasteiger partial charge in [-0.2, -0.15) is 0 Å². The van der Waals surface area contributed by atoms with Crippen molar-refractivity contribution in [2.24, 2.45) is 4.99 Å². The lowest BCUT2D eigenvalue weighted by atomic mass is 10.3. The Bertz CT molecular complexity index is 1190. The third-order valence-corrected chi connectivity index (χ3v) is 6.49. The molecule has 9 nitrogen and oxygen atoms in total. The summed E-state index contributed by atoms with van der Waals surface area (Å²) in [4.78, 5) is 16.5. The van der Waals surface area contributed by atoms with Gasteiger partial charge in [0.05, 0.1) is 10.6 Å². The first-order valence-corrected chi connectivity index (χ1v) is 11.4. The van der Waals surface area contributed by atoms with E-state index in [1.165, 1.54) is 23.9 Å². The second-order valence-electron chi connectivity index (χ2n) is 6.31. The maximum Gasteiger partial charge on any atom is 0.262 e. The number of sulfonamides is 1. The summed E-state index contributed by atoms with van der Waals surface area (Å²) in [5.41, 5.74) is 1.10. The predicted molar refractivity (Wildman–Crippen MR) is 111 cm³/mol. The third-order valence-electron chi connectivity index (χ3n) is 4.17. The molecule has 4 rings (SSSR count). The molecule has 3 aromatic rings. The van der Waals surface area contributed by atoms with Crippen LogP contribution in [0.4, 0.5) is 5.69 Å². The zero-order valence-electron chi connectivity index (χ0n) is 15.3. The normalized spacial score (nSPS) is 14.0. The molecule has 29 heavy (non-hydrogen) atoms. The quantitative estimate of drug-likeness (QED) is 0.577. The van der Waals surface area contributed by atoms with E-state index in [0.29, 0.717) is 35.3 Å². The molecule has 0 radical (unpaired) electrons. The average Bonchev–Trinajstić information content (AvgIpc) is 3.36. The molecule has 1 aliphatic heterocycles. The van der Waals surface area contributed by atoms with Crippen LogP contribution in [0.3, 0.4) is 0 Å². The molecule has 3 heterocycles. The number of pyridine rings is 1. The molecule has 2 aromatic heterocycles. The summed E-state index contributed by atoms with van der Waals surface area (Å²) < 4.78 is 29.3. The fourth-order valence-electron chi connectivity index (χ4n) is 2.82. The summed E-state index contributed by atoms with van der Waals surface area (Å²) in [7, 11) is -3.73. The van der Waals surface area contributed by atoms with Crippen molar-refractivity contribution in [3.63, 3.8) is 0 Å². The van der Waals surface area contributed by atoms with Crippen molar-refractivity contribution in [3.8, 4) is 0 Å². The van der Waals surface area contributed by atoms with E-state index in [1.807, 2.05) is 24.4 Å². The number of aromatic nitrogens is 3. The molecular weight excluding hydrogens is 412 g/mol.